The Morgan fingerprint density at radius 2 is 2.00 bits per heavy atom. The highest BCUT2D eigenvalue weighted by molar-refractivity contribution is 5.80. The molecule has 3 rings (SSSR count). The molecule has 8 heteroatoms. The van der Waals surface area contributed by atoms with E-state index in [9.17, 15) is 8.78 Å². The van der Waals surface area contributed by atoms with Gasteiger partial charge >= 0.3 is 0 Å². The van der Waals surface area contributed by atoms with E-state index in [0.29, 0.717) is 25.7 Å². The van der Waals surface area contributed by atoms with Crippen LogP contribution in [0.5, 0.6) is 0 Å². The molecule has 0 radical (unpaired) electrons. The van der Waals surface area contributed by atoms with Crippen LogP contribution in [-0.4, -0.2) is 75.9 Å². The van der Waals surface area contributed by atoms with E-state index in [1.165, 1.54) is 31.0 Å². The van der Waals surface area contributed by atoms with Crippen molar-refractivity contribution in [1.82, 2.24) is 15.5 Å². The van der Waals surface area contributed by atoms with Crippen molar-refractivity contribution in [1.29, 1.82) is 0 Å². The summed E-state index contributed by atoms with van der Waals surface area (Å²) in [7, 11) is 1.73. The minimum Gasteiger partial charge on any atom is -0.383 e. The Labute approximate surface area is 172 Å². The van der Waals surface area contributed by atoms with Crippen LogP contribution in [0, 0.1) is 11.6 Å². The third-order valence-corrected chi connectivity index (χ3v) is 5.43. The molecule has 0 amide bonds. The summed E-state index contributed by atoms with van der Waals surface area (Å²) >= 11 is 0. The molecular formula is C21H33F2N5O. The summed E-state index contributed by atoms with van der Waals surface area (Å²) in [5.41, 5.74) is 0.0666. The number of halogens is 2. The van der Waals surface area contributed by atoms with Crippen molar-refractivity contribution in [2.75, 3.05) is 57.9 Å². The molecule has 1 unspecified atom stereocenters. The molecule has 0 bridgehead atoms. The fraction of sp³-hybridized carbons (Fsp3) is 0.667. The molecule has 1 aliphatic heterocycles. The first-order valence-corrected chi connectivity index (χ1v) is 10.6. The van der Waals surface area contributed by atoms with E-state index in [0.717, 1.165) is 38.6 Å². The molecule has 2 aliphatic rings. The zero-order valence-electron chi connectivity index (χ0n) is 17.5. The highest BCUT2D eigenvalue weighted by Crippen LogP contribution is 2.27. The zero-order chi connectivity index (χ0) is 20.6. The van der Waals surface area contributed by atoms with Crippen molar-refractivity contribution < 1.29 is 13.5 Å². The van der Waals surface area contributed by atoms with E-state index in [-0.39, 0.29) is 11.7 Å². The van der Waals surface area contributed by atoms with E-state index < -0.39 is 11.6 Å². The van der Waals surface area contributed by atoms with E-state index in [2.05, 4.69) is 15.5 Å². The molecule has 1 aromatic carbocycles. The van der Waals surface area contributed by atoms with Crippen LogP contribution < -0.4 is 15.5 Å². The second kappa shape index (κ2) is 10.7. The lowest BCUT2D eigenvalue weighted by Gasteiger charge is -2.22. The molecule has 1 saturated heterocycles. The van der Waals surface area contributed by atoms with Gasteiger partial charge < -0.3 is 20.3 Å². The summed E-state index contributed by atoms with van der Waals surface area (Å²) in [6, 6.07) is 4.78. The Kier molecular flexibility index (Phi) is 8.06. The number of benzene rings is 1. The molecule has 2 N–H and O–H groups in total. The van der Waals surface area contributed by atoms with Crippen molar-refractivity contribution in [3.8, 4) is 0 Å². The first-order chi connectivity index (χ1) is 14.1. The van der Waals surface area contributed by atoms with Crippen molar-refractivity contribution in [3.05, 3.63) is 29.8 Å². The van der Waals surface area contributed by atoms with Gasteiger partial charge in [-0.1, -0.05) is 6.07 Å². The molecule has 1 aromatic rings. The predicted molar refractivity (Wildman–Crippen MR) is 113 cm³/mol. The van der Waals surface area contributed by atoms with Gasteiger partial charge in [0, 0.05) is 51.9 Å². The normalized spacial score (nSPS) is 19.8. The van der Waals surface area contributed by atoms with E-state index in [1.807, 2.05) is 6.92 Å². The van der Waals surface area contributed by atoms with Crippen LogP contribution in [0.15, 0.2) is 23.2 Å². The molecule has 1 heterocycles. The molecular weight excluding hydrogens is 376 g/mol. The third-order valence-electron chi connectivity index (χ3n) is 5.43. The minimum atomic E-state index is -0.512. The summed E-state index contributed by atoms with van der Waals surface area (Å²) in [6.45, 7) is 7.24. The number of nitrogens with one attached hydrogen (secondary N) is 2. The fourth-order valence-electron chi connectivity index (χ4n) is 3.80. The number of hydrogen-bond donors (Lipinski definition) is 2. The number of anilines is 1. The lowest BCUT2D eigenvalue weighted by molar-refractivity contribution is 0.145. The second-order valence-corrected chi connectivity index (χ2v) is 7.67. The second-order valence-electron chi connectivity index (χ2n) is 7.67. The van der Waals surface area contributed by atoms with Crippen molar-refractivity contribution in [2.45, 2.75) is 38.3 Å². The molecule has 0 spiro atoms. The predicted octanol–water partition coefficient (Wildman–Crippen LogP) is 2.21. The van der Waals surface area contributed by atoms with Crippen LogP contribution in [0.4, 0.5) is 14.5 Å². The van der Waals surface area contributed by atoms with Gasteiger partial charge in [0.1, 0.15) is 17.3 Å². The Morgan fingerprint density at radius 3 is 2.66 bits per heavy atom. The number of aliphatic imine (C=N–C) groups is 1. The molecule has 6 nitrogen and oxygen atoms in total. The number of nitrogens with zero attached hydrogens (tertiary/aromatic N) is 3. The van der Waals surface area contributed by atoms with E-state index in [1.54, 1.807) is 12.0 Å². The van der Waals surface area contributed by atoms with Crippen LogP contribution >= 0.6 is 0 Å². The first kappa shape index (κ1) is 21.8. The molecule has 0 aromatic heterocycles. The highest BCUT2D eigenvalue weighted by Gasteiger charge is 2.29. The van der Waals surface area contributed by atoms with Gasteiger partial charge in [0.05, 0.1) is 13.2 Å². The Morgan fingerprint density at radius 1 is 1.24 bits per heavy atom. The topological polar surface area (TPSA) is 52.1 Å². The van der Waals surface area contributed by atoms with Gasteiger partial charge in [-0.25, -0.2) is 8.78 Å². The van der Waals surface area contributed by atoms with Gasteiger partial charge in [0.15, 0.2) is 5.96 Å². The third kappa shape index (κ3) is 6.27. The van der Waals surface area contributed by atoms with Crippen LogP contribution in [0.2, 0.25) is 0 Å². The largest absolute Gasteiger partial charge is 0.383 e. The average molecular weight is 410 g/mol. The summed E-state index contributed by atoms with van der Waals surface area (Å²) in [6.07, 6.45) is 3.33. The quantitative estimate of drug-likeness (QED) is 0.458. The Bertz CT molecular complexity index is 663. The summed E-state index contributed by atoms with van der Waals surface area (Å²) < 4.78 is 33.3. The molecule has 2 fully saturated rings. The lowest BCUT2D eigenvalue weighted by atomic mass is 10.2. The zero-order valence-corrected chi connectivity index (χ0v) is 17.5. The van der Waals surface area contributed by atoms with Gasteiger partial charge in [0.25, 0.3) is 0 Å². The first-order valence-electron chi connectivity index (χ1n) is 10.6. The molecule has 1 aliphatic carbocycles. The summed E-state index contributed by atoms with van der Waals surface area (Å²) in [5.74, 6) is -0.263. The Hall–Kier alpha value is -1.93. The lowest BCUT2D eigenvalue weighted by Crippen LogP contribution is -2.45. The highest BCUT2D eigenvalue weighted by atomic mass is 19.1. The van der Waals surface area contributed by atoms with Crippen molar-refractivity contribution in [3.63, 3.8) is 0 Å². The summed E-state index contributed by atoms with van der Waals surface area (Å²) in [4.78, 5) is 8.92. The maximum absolute atomic E-state index is 14.1. The van der Waals surface area contributed by atoms with Crippen LogP contribution in [-0.2, 0) is 4.74 Å². The van der Waals surface area contributed by atoms with Gasteiger partial charge in [-0.2, -0.15) is 0 Å². The average Bonchev–Trinajstić information content (AvgIpc) is 3.44. The fourth-order valence-corrected chi connectivity index (χ4v) is 3.80. The van der Waals surface area contributed by atoms with Gasteiger partial charge in [0.2, 0.25) is 0 Å². The van der Waals surface area contributed by atoms with Crippen molar-refractivity contribution >= 4 is 11.6 Å². The van der Waals surface area contributed by atoms with Gasteiger partial charge in [-0.3, -0.25) is 9.89 Å². The van der Waals surface area contributed by atoms with Crippen molar-refractivity contribution in [2.24, 2.45) is 4.99 Å². The molecule has 162 valence electrons. The molecule has 29 heavy (non-hydrogen) atoms. The maximum atomic E-state index is 14.1. The number of hydrogen-bond acceptors (Lipinski definition) is 4. The number of rotatable bonds is 10. The van der Waals surface area contributed by atoms with E-state index in [4.69, 9.17) is 9.73 Å². The monoisotopic (exact) mass is 409 g/mol. The smallest absolute Gasteiger partial charge is 0.191 e. The van der Waals surface area contributed by atoms with Gasteiger partial charge in [-0.05, 0) is 38.3 Å². The van der Waals surface area contributed by atoms with Gasteiger partial charge in [-0.15, -0.1) is 0 Å². The summed E-state index contributed by atoms with van der Waals surface area (Å²) in [5, 5.41) is 6.70. The maximum Gasteiger partial charge on any atom is 0.191 e. The Balaban J connectivity index is 1.53. The number of methoxy groups -OCH3 is 1. The number of ether oxygens (including phenoxy) is 1. The minimum absolute atomic E-state index is 0.0666. The molecule has 1 saturated carbocycles. The number of para-hydroxylation sites is 1. The van der Waals surface area contributed by atoms with Crippen LogP contribution in [0.1, 0.15) is 26.2 Å². The van der Waals surface area contributed by atoms with E-state index >= 15 is 0 Å². The SMILES string of the molecule is CCNC(=NCCN(CCOC)C1CC1)NC1CCN(c2c(F)cccc2F)C1. The molecule has 1 atom stereocenters. The van der Waals surface area contributed by atoms with Crippen LogP contribution in [0.3, 0.4) is 0 Å². The number of guanidine groups is 1. The standard InChI is InChI=1S/C21H33F2N5O/c1-3-24-21(25-10-12-27(13-14-29-2)17-7-8-17)26-16-9-11-28(15-16)20-18(22)5-4-6-19(20)23/h4-6,16-17H,3,7-15H2,1-2H3,(H2,24,25,26). The van der Waals surface area contributed by atoms with Crippen LogP contribution in [0.25, 0.3) is 0 Å².